The summed E-state index contributed by atoms with van der Waals surface area (Å²) in [5.41, 5.74) is -0.386. The van der Waals surface area contributed by atoms with Crippen molar-refractivity contribution in [2.75, 3.05) is 11.9 Å². The van der Waals surface area contributed by atoms with Crippen molar-refractivity contribution in [2.24, 2.45) is 0 Å². The molecule has 0 saturated carbocycles. The van der Waals surface area contributed by atoms with Gasteiger partial charge in [-0.15, -0.1) is 16.1 Å². The number of carbonyl (C=O) groups is 1. The molecule has 1 aliphatic heterocycles. The fraction of sp³-hybridized carbons (Fsp3) is 0.350. The minimum atomic E-state index is -4.55. The Morgan fingerprint density at radius 2 is 2.00 bits per heavy atom. The maximum absolute atomic E-state index is 13.4. The number of anilines is 1. The van der Waals surface area contributed by atoms with Gasteiger partial charge in [0.2, 0.25) is 0 Å². The average Bonchev–Trinajstić information content (AvgIpc) is 3.53. The van der Waals surface area contributed by atoms with Crippen LogP contribution >= 0.6 is 11.3 Å². The Labute approximate surface area is 189 Å². The topological polar surface area (TPSA) is 93.2 Å². The van der Waals surface area contributed by atoms with E-state index in [0.29, 0.717) is 17.1 Å². The van der Waals surface area contributed by atoms with Gasteiger partial charge < -0.3 is 14.6 Å². The van der Waals surface area contributed by atoms with E-state index in [9.17, 15) is 18.0 Å². The largest absolute Gasteiger partial charge is 0.434 e. The molecule has 1 N–H and O–H groups in total. The maximum atomic E-state index is 13.4. The lowest BCUT2D eigenvalue weighted by molar-refractivity contribution is -0.140. The molecular weight excluding hydrogens is 457 g/mol. The zero-order valence-corrected chi connectivity index (χ0v) is 18.2. The number of likely N-dealkylation sites (tertiary alicyclic amines) is 1. The molecule has 4 aromatic rings. The summed E-state index contributed by atoms with van der Waals surface area (Å²) < 4.78 is 40.6. The minimum absolute atomic E-state index is 0.000823. The summed E-state index contributed by atoms with van der Waals surface area (Å²) in [6, 6.07) is 1.56. The van der Waals surface area contributed by atoms with Crippen molar-refractivity contribution in [3.8, 4) is 5.00 Å². The number of halogens is 3. The molecule has 13 heteroatoms. The highest BCUT2D eigenvalue weighted by molar-refractivity contribution is 7.12. The molecule has 0 radical (unpaired) electrons. The molecule has 2 atom stereocenters. The van der Waals surface area contributed by atoms with E-state index in [0.717, 1.165) is 19.0 Å². The van der Waals surface area contributed by atoms with Crippen LogP contribution in [-0.4, -0.2) is 58.8 Å². The van der Waals surface area contributed by atoms with Crippen LogP contribution in [-0.2, 0) is 6.18 Å². The van der Waals surface area contributed by atoms with Gasteiger partial charge in [-0.3, -0.25) is 4.79 Å². The Balaban J connectivity index is 1.38. The van der Waals surface area contributed by atoms with Crippen molar-refractivity contribution in [3.63, 3.8) is 0 Å². The molecule has 1 aliphatic rings. The fourth-order valence-corrected chi connectivity index (χ4v) is 4.76. The molecule has 9 nitrogen and oxygen atoms in total. The van der Waals surface area contributed by atoms with Crippen molar-refractivity contribution in [2.45, 2.75) is 38.0 Å². The van der Waals surface area contributed by atoms with Gasteiger partial charge >= 0.3 is 6.18 Å². The molecule has 0 spiro atoms. The number of imidazole rings is 1. The van der Waals surface area contributed by atoms with E-state index in [1.54, 1.807) is 23.4 Å². The Bertz CT molecular complexity index is 1280. The van der Waals surface area contributed by atoms with Crippen LogP contribution in [0.5, 0.6) is 0 Å². The lowest BCUT2D eigenvalue weighted by Crippen LogP contribution is -2.49. The number of fused-ring (bicyclic) bond motifs is 1. The third-order valence-electron chi connectivity index (χ3n) is 5.62. The zero-order valence-electron chi connectivity index (χ0n) is 17.4. The van der Waals surface area contributed by atoms with Gasteiger partial charge in [0.25, 0.3) is 5.91 Å². The van der Waals surface area contributed by atoms with E-state index in [4.69, 9.17) is 0 Å². The summed E-state index contributed by atoms with van der Waals surface area (Å²) in [5, 5.41) is 13.9. The van der Waals surface area contributed by atoms with E-state index in [1.807, 2.05) is 12.3 Å². The number of piperidine rings is 1. The molecule has 4 aromatic heterocycles. The van der Waals surface area contributed by atoms with Gasteiger partial charge in [0.1, 0.15) is 0 Å². The third-order valence-corrected chi connectivity index (χ3v) is 6.50. The van der Waals surface area contributed by atoms with Crippen molar-refractivity contribution in [1.82, 2.24) is 34.3 Å². The highest BCUT2D eigenvalue weighted by atomic mass is 32.1. The Hall–Kier alpha value is -3.48. The second-order valence-corrected chi connectivity index (χ2v) is 8.71. The van der Waals surface area contributed by atoms with Crippen molar-refractivity contribution < 1.29 is 18.0 Å². The number of nitrogens with zero attached hydrogens (tertiary/aromatic N) is 7. The normalized spacial score (nSPS) is 19.2. The number of nitrogens with one attached hydrogen (secondary N) is 1. The Morgan fingerprint density at radius 1 is 1.21 bits per heavy atom. The molecule has 33 heavy (non-hydrogen) atoms. The van der Waals surface area contributed by atoms with E-state index in [-0.39, 0.29) is 29.5 Å². The van der Waals surface area contributed by atoms with Gasteiger partial charge in [-0.1, -0.05) is 0 Å². The van der Waals surface area contributed by atoms with Crippen LogP contribution in [0.2, 0.25) is 0 Å². The first kappa shape index (κ1) is 21.4. The van der Waals surface area contributed by atoms with Gasteiger partial charge in [-0.05, 0) is 31.2 Å². The van der Waals surface area contributed by atoms with E-state index >= 15 is 0 Å². The smallest absolute Gasteiger partial charge is 0.362 e. The first-order valence-electron chi connectivity index (χ1n) is 10.2. The highest BCUT2D eigenvalue weighted by Gasteiger charge is 2.35. The number of rotatable bonds is 4. The number of carbonyl (C=O) groups excluding carboxylic acids is 1. The number of aromatic nitrogens is 6. The SMILES string of the molecule is C[C@@H]1CC[C@@H](Nc2nccn3cc(C(F)(F)F)nc23)CN1C(=O)c1ccsc1-n1nccn1. The summed E-state index contributed by atoms with van der Waals surface area (Å²) >= 11 is 1.37. The minimum Gasteiger partial charge on any atom is -0.362 e. The van der Waals surface area contributed by atoms with Crippen molar-refractivity contribution in [1.29, 1.82) is 0 Å². The predicted molar refractivity (Wildman–Crippen MR) is 114 cm³/mol. The Kier molecular flexibility index (Phi) is 5.27. The third kappa shape index (κ3) is 4.03. The molecule has 1 amide bonds. The molecule has 0 aromatic carbocycles. The lowest BCUT2D eigenvalue weighted by Gasteiger charge is -2.38. The summed E-state index contributed by atoms with van der Waals surface area (Å²) in [6.45, 7) is 2.35. The van der Waals surface area contributed by atoms with Gasteiger partial charge in [0.05, 0.1) is 18.0 Å². The monoisotopic (exact) mass is 476 g/mol. The second-order valence-electron chi connectivity index (χ2n) is 7.81. The number of thiophene rings is 1. The average molecular weight is 476 g/mol. The molecule has 1 saturated heterocycles. The van der Waals surface area contributed by atoms with Gasteiger partial charge in [-0.25, -0.2) is 9.97 Å². The van der Waals surface area contributed by atoms with E-state index < -0.39 is 11.9 Å². The van der Waals surface area contributed by atoms with Crippen LogP contribution in [0.25, 0.3) is 10.6 Å². The quantitative estimate of drug-likeness (QED) is 0.485. The van der Waals surface area contributed by atoms with E-state index in [1.165, 1.54) is 32.9 Å². The predicted octanol–water partition coefficient (Wildman–Crippen LogP) is 3.50. The molecule has 5 heterocycles. The Morgan fingerprint density at radius 3 is 2.76 bits per heavy atom. The molecular formula is C20H19F3N8OS. The van der Waals surface area contributed by atoms with Crippen LogP contribution in [0, 0.1) is 0 Å². The van der Waals surface area contributed by atoms with Crippen molar-refractivity contribution >= 4 is 28.7 Å². The zero-order chi connectivity index (χ0) is 23.2. The maximum Gasteiger partial charge on any atom is 0.434 e. The van der Waals surface area contributed by atoms with Crippen LogP contribution in [0.4, 0.5) is 19.0 Å². The molecule has 0 aliphatic carbocycles. The number of hydrogen-bond donors (Lipinski definition) is 1. The number of hydrogen-bond acceptors (Lipinski definition) is 7. The van der Waals surface area contributed by atoms with E-state index in [2.05, 4.69) is 25.5 Å². The molecule has 1 fully saturated rings. The van der Waals surface area contributed by atoms with Gasteiger partial charge in [0, 0.05) is 37.2 Å². The van der Waals surface area contributed by atoms with Crippen LogP contribution < -0.4 is 5.32 Å². The highest BCUT2D eigenvalue weighted by Crippen LogP contribution is 2.30. The summed E-state index contributed by atoms with van der Waals surface area (Å²) in [4.78, 5) is 24.5. The molecule has 0 unspecified atom stereocenters. The first-order valence-corrected chi connectivity index (χ1v) is 11.1. The fourth-order valence-electron chi connectivity index (χ4n) is 3.95. The van der Waals surface area contributed by atoms with Crippen LogP contribution in [0.3, 0.4) is 0 Å². The van der Waals surface area contributed by atoms with Crippen molar-refractivity contribution in [3.05, 3.63) is 53.7 Å². The van der Waals surface area contributed by atoms with Gasteiger partial charge in [-0.2, -0.15) is 23.4 Å². The molecule has 172 valence electrons. The second kappa shape index (κ2) is 8.14. The number of alkyl halides is 3. The summed E-state index contributed by atoms with van der Waals surface area (Å²) in [5.74, 6) is 0.103. The summed E-state index contributed by atoms with van der Waals surface area (Å²) in [7, 11) is 0. The number of amides is 1. The molecule has 0 bridgehead atoms. The van der Waals surface area contributed by atoms with Gasteiger partial charge in [0.15, 0.2) is 22.2 Å². The van der Waals surface area contributed by atoms with Crippen LogP contribution in [0.15, 0.2) is 42.4 Å². The standard InChI is InChI=1S/C20H19F3N8OS/c1-12-2-3-13(27-16-17-28-15(20(21,22)23)11-29(17)8-7-24-16)10-30(12)18(32)14-4-9-33-19(14)31-25-5-6-26-31/h4-9,11-13H,2-3,10H2,1H3,(H,24,27)/t12-,13-/m1/s1. The lowest BCUT2D eigenvalue weighted by atomic mass is 9.98. The first-order chi connectivity index (χ1) is 15.8. The molecule has 5 rings (SSSR count). The van der Waals surface area contributed by atoms with Crippen LogP contribution in [0.1, 0.15) is 35.8 Å². The summed E-state index contributed by atoms with van der Waals surface area (Å²) in [6.07, 6.45) is 3.78.